The van der Waals surface area contributed by atoms with E-state index >= 15 is 0 Å². The summed E-state index contributed by atoms with van der Waals surface area (Å²) in [6, 6.07) is 0.119. The summed E-state index contributed by atoms with van der Waals surface area (Å²) < 4.78 is 1.60. The molecule has 0 saturated carbocycles. The van der Waals surface area contributed by atoms with Crippen LogP contribution in [0.4, 0.5) is 11.5 Å². The van der Waals surface area contributed by atoms with Gasteiger partial charge in [0.1, 0.15) is 6.20 Å². The molecule has 1 heterocycles. The summed E-state index contributed by atoms with van der Waals surface area (Å²) in [7, 11) is 0. The summed E-state index contributed by atoms with van der Waals surface area (Å²) in [6.07, 6.45) is 1.47. The molecule has 6 heteroatoms. The van der Waals surface area contributed by atoms with E-state index in [0.717, 1.165) is 0 Å². The molecule has 0 aromatic carbocycles. The molecule has 0 unspecified atom stereocenters. The third kappa shape index (κ3) is 2.95. The summed E-state index contributed by atoms with van der Waals surface area (Å²) in [5.74, 6) is 0.774. The molecular weight excluding hydrogens is 208 g/mol. The van der Waals surface area contributed by atoms with Gasteiger partial charge in [-0.05, 0) is 19.8 Å². The van der Waals surface area contributed by atoms with Crippen molar-refractivity contribution in [2.45, 2.75) is 33.7 Å². The van der Waals surface area contributed by atoms with Crippen LogP contribution in [-0.4, -0.2) is 21.2 Å². The second-order valence-corrected chi connectivity index (χ2v) is 4.47. The smallest absolute Gasteiger partial charge is 0.330 e. The van der Waals surface area contributed by atoms with E-state index in [1.54, 1.807) is 4.68 Å². The van der Waals surface area contributed by atoms with Crippen molar-refractivity contribution in [1.29, 1.82) is 0 Å². The van der Waals surface area contributed by atoms with Gasteiger partial charge in [-0.1, -0.05) is 13.8 Å². The highest BCUT2D eigenvalue weighted by Crippen LogP contribution is 2.24. The molecule has 1 aromatic rings. The van der Waals surface area contributed by atoms with Crippen LogP contribution in [0.2, 0.25) is 0 Å². The minimum Gasteiger partial charge on any atom is -0.363 e. The van der Waals surface area contributed by atoms with E-state index in [-0.39, 0.29) is 11.7 Å². The van der Waals surface area contributed by atoms with Gasteiger partial charge in [0.25, 0.3) is 0 Å². The van der Waals surface area contributed by atoms with Crippen LogP contribution in [-0.2, 0) is 0 Å². The summed E-state index contributed by atoms with van der Waals surface area (Å²) in [5, 5.41) is 18.0. The van der Waals surface area contributed by atoms with Crippen LogP contribution in [0, 0.1) is 16.0 Å². The molecule has 0 fully saturated rings. The van der Waals surface area contributed by atoms with Crippen molar-refractivity contribution < 1.29 is 4.92 Å². The van der Waals surface area contributed by atoms with Crippen LogP contribution in [0.3, 0.4) is 0 Å². The Balaban J connectivity index is 2.91. The van der Waals surface area contributed by atoms with E-state index in [0.29, 0.717) is 18.3 Å². The van der Waals surface area contributed by atoms with E-state index in [1.165, 1.54) is 6.20 Å². The number of nitrogens with one attached hydrogen (secondary N) is 1. The molecule has 0 aliphatic rings. The fourth-order valence-corrected chi connectivity index (χ4v) is 1.21. The third-order valence-electron chi connectivity index (χ3n) is 2.12. The first-order valence-electron chi connectivity index (χ1n) is 5.39. The summed E-state index contributed by atoms with van der Waals surface area (Å²) in [4.78, 5) is 10.4. The normalized spacial score (nSPS) is 11.1. The molecule has 0 spiro atoms. The zero-order valence-corrected chi connectivity index (χ0v) is 10.1. The minimum atomic E-state index is -0.408. The average Bonchev–Trinajstić information content (AvgIpc) is 2.58. The quantitative estimate of drug-likeness (QED) is 0.618. The summed E-state index contributed by atoms with van der Waals surface area (Å²) in [5.41, 5.74) is 0.0364. The van der Waals surface area contributed by atoms with Crippen molar-refractivity contribution in [2.75, 3.05) is 11.9 Å². The number of anilines is 1. The first-order valence-corrected chi connectivity index (χ1v) is 5.39. The molecule has 0 bridgehead atoms. The van der Waals surface area contributed by atoms with Crippen LogP contribution < -0.4 is 5.32 Å². The van der Waals surface area contributed by atoms with E-state index in [1.807, 2.05) is 27.7 Å². The monoisotopic (exact) mass is 226 g/mol. The van der Waals surface area contributed by atoms with Gasteiger partial charge >= 0.3 is 5.69 Å². The van der Waals surface area contributed by atoms with Crippen molar-refractivity contribution in [3.8, 4) is 0 Å². The van der Waals surface area contributed by atoms with E-state index in [4.69, 9.17) is 0 Å². The van der Waals surface area contributed by atoms with E-state index in [9.17, 15) is 10.1 Å². The Labute approximate surface area is 94.8 Å². The molecule has 1 N–H and O–H groups in total. The molecular formula is C10H18N4O2. The number of hydrogen-bond donors (Lipinski definition) is 1. The molecule has 0 saturated heterocycles. The average molecular weight is 226 g/mol. The maximum absolute atomic E-state index is 10.8. The minimum absolute atomic E-state index is 0.0364. The van der Waals surface area contributed by atoms with Crippen molar-refractivity contribution in [2.24, 2.45) is 5.92 Å². The maximum atomic E-state index is 10.8. The lowest BCUT2D eigenvalue weighted by Gasteiger charge is -2.06. The van der Waals surface area contributed by atoms with Crippen LogP contribution in [0.15, 0.2) is 6.20 Å². The predicted molar refractivity (Wildman–Crippen MR) is 62.6 cm³/mol. The van der Waals surface area contributed by atoms with Gasteiger partial charge in [-0.2, -0.15) is 0 Å². The van der Waals surface area contributed by atoms with Gasteiger partial charge in [0, 0.05) is 12.6 Å². The highest BCUT2D eigenvalue weighted by molar-refractivity contribution is 5.54. The Morgan fingerprint density at radius 3 is 2.56 bits per heavy atom. The van der Waals surface area contributed by atoms with Gasteiger partial charge in [0.05, 0.1) is 4.92 Å². The van der Waals surface area contributed by atoms with E-state index < -0.39 is 4.92 Å². The molecule has 6 nitrogen and oxygen atoms in total. The lowest BCUT2D eigenvalue weighted by molar-refractivity contribution is -0.384. The second-order valence-electron chi connectivity index (χ2n) is 4.47. The molecule has 0 amide bonds. The zero-order valence-electron chi connectivity index (χ0n) is 10.1. The Bertz CT molecular complexity index is 371. The molecule has 1 aromatic heterocycles. The van der Waals surface area contributed by atoms with Crippen LogP contribution in [0.5, 0.6) is 0 Å². The van der Waals surface area contributed by atoms with Crippen molar-refractivity contribution in [3.63, 3.8) is 0 Å². The zero-order chi connectivity index (χ0) is 12.3. The molecule has 1 rings (SSSR count). The largest absolute Gasteiger partial charge is 0.363 e. The lowest BCUT2D eigenvalue weighted by Crippen LogP contribution is -2.10. The molecule has 0 atom stereocenters. The van der Waals surface area contributed by atoms with Crippen LogP contribution in [0.1, 0.15) is 33.7 Å². The van der Waals surface area contributed by atoms with Crippen LogP contribution >= 0.6 is 0 Å². The fourth-order valence-electron chi connectivity index (χ4n) is 1.21. The van der Waals surface area contributed by atoms with Crippen LogP contribution in [0.25, 0.3) is 0 Å². The molecule has 0 aliphatic carbocycles. The maximum Gasteiger partial charge on any atom is 0.330 e. The van der Waals surface area contributed by atoms with Gasteiger partial charge in [0.2, 0.25) is 5.82 Å². The number of aromatic nitrogens is 2. The highest BCUT2D eigenvalue weighted by atomic mass is 16.6. The standard InChI is InChI=1S/C10H18N4O2/c1-7(2)5-11-10-9(14(15)16)6-13(12-10)8(3)4/h6-8H,5H2,1-4H3,(H,11,12). The fraction of sp³-hybridized carbons (Fsp3) is 0.700. The SMILES string of the molecule is CC(C)CNc1nn(C(C)C)cc1[N+](=O)[O-]. The van der Waals surface area contributed by atoms with Gasteiger partial charge < -0.3 is 5.32 Å². The van der Waals surface area contributed by atoms with Crippen molar-refractivity contribution in [1.82, 2.24) is 9.78 Å². The second kappa shape index (κ2) is 4.96. The Morgan fingerprint density at radius 1 is 1.50 bits per heavy atom. The van der Waals surface area contributed by atoms with Crippen molar-refractivity contribution >= 4 is 11.5 Å². The van der Waals surface area contributed by atoms with Gasteiger partial charge in [-0.25, -0.2) is 0 Å². The first-order chi connectivity index (χ1) is 7.41. The molecule has 0 aliphatic heterocycles. The number of nitro groups is 1. The lowest BCUT2D eigenvalue weighted by atomic mass is 10.2. The molecule has 16 heavy (non-hydrogen) atoms. The Hall–Kier alpha value is -1.59. The van der Waals surface area contributed by atoms with Crippen molar-refractivity contribution in [3.05, 3.63) is 16.3 Å². The number of nitrogens with zero attached hydrogens (tertiary/aromatic N) is 3. The molecule has 90 valence electrons. The molecule has 0 radical (unpaired) electrons. The van der Waals surface area contributed by atoms with E-state index in [2.05, 4.69) is 10.4 Å². The third-order valence-corrected chi connectivity index (χ3v) is 2.12. The summed E-state index contributed by atoms with van der Waals surface area (Å²) in [6.45, 7) is 8.62. The highest BCUT2D eigenvalue weighted by Gasteiger charge is 2.20. The predicted octanol–water partition coefficient (Wildman–Crippen LogP) is 2.44. The topological polar surface area (TPSA) is 73.0 Å². The Morgan fingerprint density at radius 2 is 2.12 bits per heavy atom. The Kier molecular flexibility index (Phi) is 3.87. The number of hydrogen-bond acceptors (Lipinski definition) is 4. The number of rotatable bonds is 5. The first kappa shape index (κ1) is 12.5. The van der Waals surface area contributed by atoms with Gasteiger partial charge in [-0.3, -0.25) is 14.8 Å². The van der Waals surface area contributed by atoms with Gasteiger partial charge in [-0.15, -0.1) is 5.10 Å². The van der Waals surface area contributed by atoms with Gasteiger partial charge in [0.15, 0.2) is 0 Å². The summed E-state index contributed by atoms with van der Waals surface area (Å²) >= 11 is 0.